The van der Waals surface area contributed by atoms with Gasteiger partial charge < -0.3 is 0 Å². The molecular weight excluding hydrogens is 184 g/mol. The van der Waals surface area contributed by atoms with E-state index in [1.54, 1.807) is 0 Å². The Hall–Kier alpha value is -0.330. The van der Waals surface area contributed by atoms with E-state index in [-0.39, 0.29) is 0 Å². The molecule has 86 valence electrons. The highest BCUT2D eigenvalue weighted by molar-refractivity contribution is 5.82. The highest BCUT2D eigenvalue weighted by Gasteiger charge is 2.34. The third kappa shape index (κ3) is 2.62. The number of hydrogen-bond acceptors (Lipinski definition) is 1. The lowest BCUT2D eigenvalue weighted by molar-refractivity contribution is -0.128. The number of rotatable bonds is 2. The summed E-state index contributed by atoms with van der Waals surface area (Å²) in [5.74, 6) is 2.63. The Kier molecular flexibility index (Phi) is 3.82. The lowest BCUT2D eigenvalue weighted by Gasteiger charge is -2.35. The standard InChI is InChI=1S/C14H24O/c1-2-11-8-9-14(15)13(10-11)12-6-4-3-5-7-12/h11-13H,2-10H2,1H3. The van der Waals surface area contributed by atoms with Crippen LogP contribution in [0.2, 0.25) is 0 Å². The summed E-state index contributed by atoms with van der Waals surface area (Å²) in [5.41, 5.74) is 0. The maximum atomic E-state index is 12.0. The quantitative estimate of drug-likeness (QED) is 0.671. The first-order chi connectivity index (χ1) is 7.31. The van der Waals surface area contributed by atoms with Gasteiger partial charge in [0, 0.05) is 12.3 Å². The van der Waals surface area contributed by atoms with E-state index in [9.17, 15) is 4.79 Å². The molecule has 15 heavy (non-hydrogen) atoms. The van der Waals surface area contributed by atoms with Gasteiger partial charge in [0.25, 0.3) is 0 Å². The Balaban J connectivity index is 1.95. The molecule has 0 aromatic heterocycles. The van der Waals surface area contributed by atoms with E-state index in [1.807, 2.05) is 0 Å². The van der Waals surface area contributed by atoms with Crippen LogP contribution in [-0.2, 0) is 4.79 Å². The van der Waals surface area contributed by atoms with Gasteiger partial charge in [0.1, 0.15) is 5.78 Å². The molecule has 2 saturated carbocycles. The van der Waals surface area contributed by atoms with Gasteiger partial charge >= 0.3 is 0 Å². The van der Waals surface area contributed by atoms with Crippen LogP contribution in [0.5, 0.6) is 0 Å². The Morgan fingerprint density at radius 3 is 2.53 bits per heavy atom. The summed E-state index contributed by atoms with van der Waals surface area (Å²) in [5, 5.41) is 0. The molecule has 2 atom stereocenters. The van der Waals surface area contributed by atoms with Gasteiger partial charge in [-0.2, -0.15) is 0 Å². The number of carbonyl (C=O) groups is 1. The van der Waals surface area contributed by atoms with Gasteiger partial charge in [-0.1, -0.05) is 32.6 Å². The van der Waals surface area contributed by atoms with Crippen molar-refractivity contribution in [3.63, 3.8) is 0 Å². The summed E-state index contributed by atoms with van der Waals surface area (Å²) >= 11 is 0. The molecule has 0 amide bonds. The first-order valence-corrected chi connectivity index (χ1v) is 6.84. The molecule has 2 fully saturated rings. The lowest BCUT2D eigenvalue weighted by Crippen LogP contribution is -2.31. The van der Waals surface area contributed by atoms with Crippen LogP contribution in [0.25, 0.3) is 0 Å². The average Bonchev–Trinajstić information content (AvgIpc) is 2.31. The number of ketones is 1. The number of Topliss-reactive ketones (excluding diaryl/α,β-unsaturated/α-hetero) is 1. The molecule has 2 aliphatic carbocycles. The Morgan fingerprint density at radius 2 is 1.87 bits per heavy atom. The first-order valence-electron chi connectivity index (χ1n) is 6.84. The molecule has 2 unspecified atom stereocenters. The summed E-state index contributed by atoms with van der Waals surface area (Å²) < 4.78 is 0. The van der Waals surface area contributed by atoms with Gasteiger partial charge in [-0.15, -0.1) is 0 Å². The topological polar surface area (TPSA) is 17.1 Å². The zero-order chi connectivity index (χ0) is 10.7. The van der Waals surface area contributed by atoms with Crippen LogP contribution >= 0.6 is 0 Å². The summed E-state index contributed by atoms with van der Waals surface area (Å²) in [6.07, 6.45) is 11.3. The van der Waals surface area contributed by atoms with Crippen molar-refractivity contribution in [3.05, 3.63) is 0 Å². The van der Waals surface area contributed by atoms with Crippen molar-refractivity contribution in [1.29, 1.82) is 0 Å². The van der Waals surface area contributed by atoms with Crippen molar-refractivity contribution < 1.29 is 4.79 Å². The van der Waals surface area contributed by atoms with Crippen molar-refractivity contribution in [1.82, 2.24) is 0 Å². The minimum atomic E-state index is 0.448. The molecule has 1 heteroatoms. The minimum Gasteiger partial charge on any atom is -0.299 e. The van der Waals surface area contributed by atoms with Crippen LogP contribution in [-0.4, -0.2) is 5.78 Å². The predicted octanol–water partition coefficient (Wildman–Crippen LogP) is 3.96. The molecule has 2 aliphatic rings. The van der Waals surface area contributed by atoms with Crippen LogP contribution < -0.4 is 0 Å². The molecule has 0 aromatic rings. The molecule has 0 aliphatic heterocycles. The molecule has 0 N–H and O–H groups in total. The zero-order valence-electron chi connectivity index (χ0n) is 10.0. The molecule has 1 nitrogen and oxygen atoms in total. The molecular formula is C14H24O. The SMILES string of the molecule is CCC1CCC(=O)C(C2CCCCC2)C1. The second kappa shape index (κ2) is 5.14. The molecule has 2 rings (SSSR count). The Bertz CT molecular complexity index is 215. The maximum absolute atomic E-state index is 12.0. The van der Waals surface area contributed by atoms with Gasteiger partial charge in [0.15, 0.2) is 0 Å². The van der Waals surface area contributed by atoms with Crippen LogP contribution in [0.4, 0.5) is 0 Å². The fourth-order valence-electron chi connectivity index (χ4n) is 3.50. The normalized spacial score (nSPS) is 34.3. The number of hydrogen-bond donors (Lipinski definition) is 0. The highest BCUT2D eigenvalue weighted by Crippen LogP contribution is 2.39. The van der Waals surface area contributed by atoms with Crippen molar-refractivity contribution in [2.45, 2.75) is 64.7 Å². The average molecular weight is 208 g/mol. The van der Waals surface area contributed by atoms with Crippen molar-refractivity contribution in [2.75, 3.05) is 0 Å². The summed E-state index contributed by atoms with van der Waals surface area (Å²) in [4.78, 5) is 12.0. The van der Waals surface area contributed by atoms with Crippen molar-refractivity contribution in [3.8, 4) is 0 Å². The molecule has 0 heterocycles. The first kappa shape index (κ1) is 11.2. The fourth-order valence-corrected chi connectivity index (χ4v) is 3.50. The van der Waals surface area contributed by atoms with Crippen LogP contribution in [0, 0.1) is 17.8 Å². The highest BCUT2D eigenvalue weighted by atomic mass is 16.1. The fraction of sp³-hybridized carbons (Fsp3) is 0.929. The van der Waals surface area contributed by atoms with E-state index in [0.717, 1.165) is 18.3 Å². The van der Waals surface area contributed by atoms with Crippen LogP contribution in [0.1, 0.15) is 64.7 Å². The third-order valence-corrected chi connectivity index (χ3v) is 4.60. The van der Waals surface area contributed by atoms with Crippen molar-refractivity contribution in [2.24, 2.45) is 17.8 Å². The van der Waals surface area contributed by atoms with Crippen LogP contribution in [0.3, 0.4) is 0 Å². The minimum absolute atomic E-state index is 0.448. The second-order valence-corrected chi connectivity index (χ2v) is 5.52. The van der Waals surface area contributed by atoms with Gasteiger partial charge in [-0.25, -0.2) is 0 Å². The van der Waals surface area contributed by atoms with E-state index in [2.05, 4.69) is 6.92 Å². The van der Waals surface area contributed by atoms with E-state index in [4.69, 9.17) is 0 Å². The Labute approximate surface area is 93.6 Å². The van der Waals surface area contributed by atoms with E-state index < -0.39 is 0 Å². The molecule has 0 spiro atoms. The summed E-state index contributed by atoms with van der Waals surface area (Å²) in [7, 11) is 0. The van der Waals surface area contributed by atoms with Gasteiger partial charge in [0.05, 0.1) is 0 Å². The largest absolute Gasteiger partial charge is 0.299 e. The smallest absolute Gasteiger partial charge is 0.136 e. The molecule has 0 bridgehead atoms. The zero-order valence-corrected chi connectivity index (χ0v) is 10.0. The molecule has 0 saturated heterocycles. The Morgan fingerprint density at radius 1 is 1.13 bits per heavy atom. The predicted molar refractivity (Wildman–Crippen MR) is 62.7 cm³/mol. The summed E-state index contributed by atoms with van der Waals surface area (Å²) in [6, 6.07) is 0. The van der Waals surface area contributed by atoms with E-state index in [1.165, 1.54) is 51.4 Å². The lowest BCUT2D eigenvalue weighted by atomic mass is 9.69. The van der Waals surface area contributed by atoms with E-state index >= 15 is 0 Å². The van der Waals surface area contributed by atoms with Crippen LogP contribution in [0.15, 0.2) is 0 Å². The monoisotopic (exact) mass is 208 g/mol. The maximum Gasteiger partial charge on any atom is 0.136 e. The van der Waals surface area contributed by atoms with Crippen molar-refractivity contribution >= 4 is 5.78 Å². The molecule has 0 radical (unpaired) electrons. The van der Waals surface area contributed by atoms with Gasteiger partial charge in [0.2, 0.25) is 0 Å². The van der Waals surface area contributed by atoms with E-state index in [0.29, 0.717) is 11.7 Å². The summed E-state index contributed by atoms with van der Waals surface area (Å²) in [6.45, 7) is 2.28. The van der Waals surface area contributed by atoms with Gasteiger partial charge in [-0.05, 0) is 37.5 Å². The third-order valence-electron chi connectivity index (χ3n) is 4.60. The van der Waals surface area contributed by atoms with Gasteiger partial charge in [-0.3, -0.25) is 4.79 Å². The second-order valence-electron chi connectivity index (χ2n) is 5.52. The number of carbonyl (C=O) groups excluding carboxylic acids is 1. The molecule has 0 aromatic carbocycles.